The third kappa shape index (κ3) is 6.91. The van der Waals surface area contributed by atoms with Crippen molar-refractivity contribution in [3.05, 3.63) is 84.6 Å². The standard InChI is InChI=1S/C28H26F3N3O3/c1-3-13-34(27(35)33-23-7-9-24(10-8-23)37-28(29,30)31)18-19-5-4-6-20(14-19)22-15-21-16-25(36-2)11-12-26(21)32-17-22/h4-12,14-17H,3,13,18H2,1-2H3,(H,33,35). The van der Waals surface area contributed by atoms with Gasteiger partial charge < -0.3 is 19.7 Å². The number of rotatable bonds is 8. The molecule has 0 aliphatic rings. The van der Waals surface area contributed by atoms with Crippen LogP contribution in [0.15, 0.2) is 79.0 Å². The van der Waals surface area contributed by atoms with Gasteiger partial charge in [0.2, 0.25) is 0 Å². The lowest BCUT2D eigenvalue weighted by Crippen LogP contribution is -2.35. The molecule has 0 atom stereocenters. The highest BCUT2D eigenvalue weighted by Crippen LogP contribution is 2.27. The minimum atomic E-state index is -4.77. The van der Waals surface area contributed by atoms with Gasteiger partial charge in [0, 0.05) is 35.9 Å². The van der Waals surface area contributed by atoms with Crippen molar-refractivity contribution in [2.75, 3.05) is 19.0 Å². The molecule has 4 rings (SSSR count). The Hall–Kier alpha value is -4.27. The van der Waals surface area contributed by atoms with Gasteiger partial charge in [0.1, 0.15) is 11.5 Å². The van der Waals surface area contributed by atoms with Crippen molar-refractivity contribution in [1.82, 2.24) is 9.88 Å². The van der Waals surface area contributed by atoms with Gasteiger partial charge in [0.05, 0.1) is 12.6 Å². The molecule has 0 saturated heterocycles. The SMILES string of the molecule is CCCN(Cc1cccc(-c2cnc3ccc(OC)cc3c2)c1)C(=O)Nc1ccc(OC(F)(F)F)cc1. The van der Waals surface area contributed by atoms with Gasteiger partial charge >= 0.3 is 12.4 Å². The number of benzene rings is 3. The van der Waals surface area contributed by atoms with E-state index in [2.05, 4.69) is 15.0 Å². The minimum Gasteiger partial charge on any atom is -0.497 e. The Morgan fingerprint density at radius 1 is 0.973 bits per heavy atom. The maximum Gasteiger partial charge on any atom is 0.573 e. The zero-order chi connectivity index (χ0) is 26.4. The second-order valence-corrected chi connectivity index (χ2v) is 8.41. The van der Waals surface area contributed by atoms with Crippen molar-refractivity contribution in [3.63, 3.8) is 0 Å². The number of nitrogens with zero attached hydrogens (tertiary/aromatic N) is 2. The van der Waals surface area contributed by atoms with Gasteiger partial charge in [-0.05, 0) is 72.1 Å². The molecule has 1 aromatic heterocycles. The van der Waals surface area contributed by atoms with Crippen molar-refractivity contribution >= 4 is 22.6 Å². The topological polar surface area (TPSA) is 63.7 Å². The van der Waals surface area contributed by atoms with Crippen LogP contribution in [0.3, 0.4) is 0 Å². The summed E-state index contributed by atoms with van der Waals surface area (Å²) in [5.74, 6) is 0.401. The van der Waals surface area contributed by atoms with Gasteiger partial charge in [0.15, 0.2) is 0 Å². The maximum absolute atomic E-state index is 13.0. The van der Waals surface area contributed by atoms with E-state index in [1.54, 1.807) is 12.0 Å². The van der Waals surface area contributed by atoms with Crippen LogP contribution in [-0.4, -0.2) is 35.9 Å². The molecule has 0 saturated carbocycles. The molecule has 0 aliphatic heterocycles. The van der Waals surface area contributed by atoms with Crippen LogP contribution in [0.5, 0.6) is 11.5 Å². The molecule has 1 N–H and O–H groups in total. The largest absolute Gasteiger partial charge is 0.573 e. The second kappa shape index (κ2) is 11.2. The first-order chi connectivity index (χ1) is 17.7. The summed E-state index contributed by atoms with van der Waals surface area (Å²) in [6.07, 6.45) is -2.22. The van der Waals surface area contributed by atoms with E-state index < -0.39 is 6.36 Å². The minimum absolute atomic E-state index is 0.351. The first kappa shape index (κ1) is 25.8. The molecule has 4 aromatic rings. The van der Waals surface area contributed by atoms with Crippen molar-refractivity contribution in [2.45, 2.75) is 26.3 Å². The van der Waals surface area contributed by atoms with Gasteiger partial charge in [-0.2, -0.15) is 0 Å². The van der Waals surface area contributed by atoms with Gasteiger partial charge in [-0.25, -0.2) is 4.79 Å². The van der Waals surface area contributed by atoms with E-state index in [1.807, 2.05) is 61.7 Å². The molecule has 0 aliphatic carbocycles. The molecule has 37 heavy (non-hydrogen) atoms. The Morgan fingerprint density at radius 3 is 2.43 bits per heavy atom. The number of hydrogen-bond acceptors (Lipinski definition) is 4. The zero-order valence-corrected chi connectivity index (χ0v) is 20.4. The van der Waals surface area contributed by atoms with Crippen molar-refractivity contribution in [1.29, 1.82) is 0 Å². The van der Waals surface area contributed by atoms with Gasteiger partial charge in [-0.15, -0.1) is 13.2 Å². The van der Waals surface area contributed by atoms with Gasteiger partial charge in [-0.1, -0.05) is 25.1 Å². The number of carbonyl (C=O) groups is 1. The highest BCUT2D eigenvalue weighted by molar-refractivity contribution is 5.89. The number of anilines is 1. The summed E-state index contributed by atoms with van der Waals surface area (Å²) < 4.78 is 46.3. The predicted octanol–water partition coefficient (Wildman–Crippen LogP) is 7.25. The molecule has 6 nitrogen and oxygen atoms in total. The number of ether oxygens (including phenoxy) is 2. The molecule has 3 aromatic carbocycles. The number of nitrogens with one attached hydrogen (secondary N) is 1. The lowest BCUT2D eigenvalue weighted by molar-refractivity contribution is -0.274. The molecule has 0 spiro atoms. The zero-order valence-electron chi connectivity index (χ0n) is 20.4. The number of amides is 2. The van der Waals surface area contributed by atoms with E-state index in [9.17, 15) is 18.0 Å². The van der Waals surface area contributed by atoms with Crippen LogP contribution in [0, 0.1) is 0 Å². The number of halogens is 3. The Kier molecular flexibility index (Phi) is 7.81. The summed E-state index contributed by atoms with van der Waals surface area (Å²) in [7, 11) is 1.62. The van der Waals surface area contributed by atoms with Crippen LogP contribution in [-0.2, 0) is 6.54 Å². The van der Waals surface area contributed by atoms with Crippen LogP contribution in [0.4, 0.5) is 23.7 Å². The lowest BCUT2D eigenvalue weighted by atomic mass is 10.0. The summed E-state index contributed by atoms with van der Waals surface area (Å²) in [5.41, 5.74) is 4.07. The number of pyridine rings is 1. The molecular formula is C28H26F3N3O3. The van der Waals surface area contributed by atoms with Crippen molar-refractivity contribution in [3.8, 4) is 22.6 Å². The van der Waals surface area contributed by atoms with E-state index >= 15 is 0 Å². The van der Waals surface area contributed by atoms with Crippen LogP contribution >= 0.6 is 0 Å². The fourth-order valence-corrected chi connectivity index (χ4v) is 3.93. The Morgan fingerprint density at radius 2 is 1.73 bits per heavy atom. The third-order valence-corrected chi connectivity index (χ3v) is 5.64. The number of urea groups is 1. The average molecular weight is 510 g/mol. The number of carbonyl (C=O) groups excluding carboxylic acids is 1. The summed E-state index contributed by atoms with van der Waals surface area (Å²) in [6, 6.07) is 20.3. The summed E-state index contributed by atoms with van der Waals surface area (Å²) in [5, 5.41) is 3.70. The van der Waals surface area contributed by atoms with E-state index in [4.69, 9.17) is 4.74 Å². The quantitative estimate of drug-likeness (QED) is 0.272. The number of methoxy groups -OCH3 is 1. The van der Waals surface area contributed by atoms with E-state index in [1.165, 1.54) is 12.1 Å². The maximum atomic E-state index is 13.0. The molecule has 0 bridgehead atoms. The van der Waals surface area contributed by atoms with Crippen LogP contribution < -0.4 is 14.8 Å². The average Bonchev–Trinajstić information content (AvgIpc) is 2.88. The summed E-state index contributed by atoms with van der Waals surface area (Å²) in [6.45, 7) is 2.83. The smallest absolute Gasteiger partial charge is 0.497 e. The molecule has 9 heteroatoms. The molecule has 0 fully saturated rings. The normalized spacial score (nSPS) is 11.3. The first-order valence-electron chi connectivity index (χ1n) is 11.7. The first-order valence-corrected chi connectivity index (χ1v) is 11.7. The fourth-order valence-electron chi connectivity index (χ4n) is 3.93. The van der Waals surface area contributed by atoms with Crippen molar-refractivity contribution < 1.29 is 27.4 Å². The van der Waals surface area contributed by atoms with Gasteiger partial charge in [0.25, 0.3) is 0 Å². The molecule has 2 amide bonds. The lowest BCUT2D eigenvalue weighted by Gasteiger charge is -2.23. The summed E-state index contributed by atoms with van der Waals surface area (Å²) >= 11 is 0. The highest BCUT2D eigenvalue weighted by Gasteiger charge is 2.31. The highest BCUT2D eigenvalue weighted by atomic mass is 19.4. The molecule has 1 heterocycles. The predicted molar refractivity (Wildman–Crippen MR) is 137 cm³/mol. The number of fused-ring (bicyclic) bond motifs is 1. The van der Waals surface area contributed by atoms with Crippen molar-refractivity contribution in [2.24, 2.45) is 0 Å². The van der Waals surface area contributed by atoms with Crippen LogP contribution in [0.1, 0.15) is 18.9 Å². The Labute approximate surface area is 212 Å². The molecular weight excluding hydrogens is 483 g/mol. The number of hydrogen-bond donors (Lipinski definition) is 1. The van der Waals surface area contributed by atoms with Crippen LogP contribution in [0.25, 0.3) is 22.0 Å². The van der Waals surface area contributed by atoms with E-state index in [-0.39, 0.29) is 11.8 Å². The Balaban J connectivity index is 1.49. The monoisotopic (exact) mass is 509 g/mol. The number of aromatic nitrogens is 1. The molecule has 0 unspecified atom stereocenters. The summed E-state index contributed by atoms with van der Waals surface area (Å²) in [4.78, 5) is 19.2. The van der Waals surface area contributed by atoms with E-state index in [0.717, 1.165) is 51.9 Å². The van der Waals surface area contributed by atoms with Gasteiger partial charge in [-0.3, -0.25) is 4.98 Å². The fraction of sp³-hybridized carbons (Fsp3) is 0.214. The van der Waals surface area contributed by atoms with Crippen LogP contribution in [0.2, 0.25) is 0 Å². The molecule has 0 radical (unpaired) electrons. The molecule has 192 valence electrons. The van der Waals surface area contributed by atoms with E-state index in [0.29, 0.717) is 18.8 Å². The third-order valence-electron chi connectivity index (χ3n) is 5.64. The number of alkyl halides is 3. The second-order valence-electron chi connectivity index (χ2n) is 8.41. The Bertz CT molecular complexity index is 1370.